The highest BCUT2D eigenvalue weighted by Gasteiger charge is 2.12. The molecular formula is C21H22N4O3. The van der Waals surface area contributed by atoms with Gasteiger partial charge in [0.25, 0.3) is 5.91 Å². The van der Waals surface area contributed by atoms with Crippen molar-refractivity contribution in [3.05, 3.63) is 52.7 Å². The maximum atomic E-state index is 12.6. The number of hydrogen-bond donors (Lipinski definition) is 2. The lowest BCUT2D eigenvalue weighted by Gasteiger charge is -2.10. The molecule has 1 amide bonds. The largest absolute Gasteiger partial charge is 0.493 e. The smallest absolute Gasteiger partial charge is 0.256 e. The summed E-state index contributed by atoms with van der Waals surface area (Å²) in [5.41, 5.74) is 1.08. The zero-order valence-corrected chi connectivity index (χ0v) is 16.2. The van der Waals surface area contributed by atoms with Gasteiger partial charge in [-0.1, -0.05) is 18.2 Å². The number of pyridine rings is 1. The molecule has 0 aliphatic carbocycles. The lowest BCUT2D eigenvalue weighted by molar-refractivity contribution is 0.102. The van der Waals surface area contributed by atoms with Crippen LogP contribution in [0.4, 0.5) is 5.82 Å². The first-order valence-corrected chi connectivity index (χ1v) is 8.79. The van der Waals surface area contributed by atoms with Crippen LogP contribution in [0, 0.1) is 0 Å². The van der Waals surface area contributed by atoms with Crippen molar-refractivity contribution in [2.24, 2.45) is 0 Å². The third-order valence-corrected chi connectivity index (χ3v) is 4.20. The number of hydrogen-bond acceptors (Lipinski definition) is 5. The molecule has 7 heteroatoms. The number of nitrogens with zero attached hydrogens (tertiary/aromatic N) is 2. The summed E-state index contributed by atoms with van der Waals surface area (Å²) in [5.74, 6) is 1.82. The molecule has 2 heterocycles. The highest BCUT2D eigenvalue weighted by Crippen LogP contribution is 2.27. The van der Waals surface area contributed by atoms with E-state index < -0.39 is 0 Å². The Hall–Kier alpha value is -3.61. The van der Waals surface area contributed by atoms with Crippen LogP contribution in [-0.4, -0.2) is 35.1 Å². The number of nitrogens with one attached hydrogen (secondary N) is 2. The molecular weight excluding hydrogens is 356 g/mol. The van der Waals surface area contributed by atoms with E-state index >= 15 is 0 Å². The predicted molar refractivity (Wildman–Crippen MR) is 109 cm³/mol. The van der Waals surface area contributed by atoms with Crippen molar-refractivity contribution in [2.75, 3.05) is 19.5 Å². The molecule has 2 aromatic heterocycles. The molecule has 1 aromatic carbocycles. The third-order valence-electron chi connectivity index (χ3n) is 4.20. The average molecular weight is 378 g/mol. The van der Waals surface area contributed by atoms with E-state index in [0.29, 0.717) is 34.4 Å². The number of aromatic nitrogens is 3. The van der Waals surface area contributed by atoms with E-state index in [0.717, 1.165) is 10.7 Å². The summed E-state index contributed by atoms with van der Waals surface area (Å²) >= 11 is 0. The van der Waals surface area contributed by atoms with E-state index in [4.69, 9.17) is 9.47 Å². The number of imidazole rings is 1. The van der Waals surface area contributed by atoms with Gasteiger partial charge in [0.2, 0.25) is 0 Å². The van der Waals surface area contributed by atoms with Crippen molar-refractivity contribution in [1.29, 1.82) is 0 Å². The number of rotatable bonds is 5. The van der Waals surface area contributed by atoms with Gasteiger partial charge in [0, 0.05) is 5.56 Å². The number of ether oxygens (including phenoxy) is 2. The molecule has 2 N–H and O–H groups in total. The summed E-state index contributed by atoms with van der Waals surface area (Å²) in [7, 11) is 3.07. The molecule has 0 fully saturated rings. The number of aromatic amines is 1. The minimum absolute atomic E-state index is 0.296. The lowest BCUT2D eigenvalue weighted by atomic mass is 10.2. The Kier molecular flexibility index (Phi) is 5.74. The second kappa shape index (κ2) is 8.39. The molecule has 0 bridgehead atoms. The molecule has 3 aromatic rings. The third kappa shape index (κ3) is 3.88. The monoisotopic (exact) mass is 378 g/mol. The Labute approximate surface area is 162 Å². The normalized spacial score (nSPS) is 12.1. The van der Waals surface area contributed by atoms with Crippen molar-refractivity contribution in [1.82, 2.24) is 15.0 Å². The SMILES string of the molecule is C/C=c1/nc(-c2cccc(NC(=O)c3ccc(OC)c(OC)c3)n2)[nH]/c1=C/C. The van der Waals surface area contributed by atoms with Crippen LogP contribution in [0.5, 0.6) is 11.5 Å². The van der Waals surface area contributed by atoms with Crippen LogP contribution >= 0.6 is 0 Å². The summed E-state index contributed by atoms with van der Waals surface area (Å²) in [6, 6.07) is 10.4. The van der Waals surface area contributed by atoms with E-state index in [1.807, 2.05) is 38.1 Å². The summed E-state index contributed by atoms with van der Waals surface area (Å²) in [6.45, 7) is 3.87. The maximum Gasteiger partial charge on any atom is 0.256 e. The quantitative estimate of drug-likeness (QED) is 0.711. The second-order valence-corrected chi connectivity index (χ2v) is 5.89. The Morgan fingerprint density at radius 2 is 1.82 bits per heavy atom. The predicted octanol–water partition coefficient (Wildman–Crippen LogP) is 2.34. The Balaban J connectivity index is 1.87. The molecule has 0 atom stereocenters. The molecule has 0 saturated heterocycles. The standard InChI is InChI=1S/C21H22N4O3/c1-5-14-15(6-2)24-20(23-14)16-8-7-9-19(22-16)25-21(26)13-10-11-17(27-3)18(12-13)28-4/h5-12H,1-4H3,(H,23,24)(H,22,25,26)/b14-5+,15-6+. The van der Waals surface area contributed by atoms with Crippen LogP contribution in [0.2, 0.25) is 0 Å². The highest BCUT2D eigenvalue weighted by molar-refractivity contribution is 6.04. The van der Waals surface area contributed by atoms with E-state index in [1.54, 1.807) is 31.4 Å². The minimum atomic E-state index is -0.296. The fourth-order valence-corrected chi connectivity index (χ4v) is 2.76. The molecule has 28 heavy (non-hydrogen) atoms. The average Bonchev–Trinajstić information content (AvgIpc) is 3.17. The first-order chi connectivity index (χ1) is 13.6. The van der Waals surface area contributed by atoms with Gasteiger partial charge in [-0.3, -0.25) is 4.79 Å². The van der Waals surface area contributed by atoms with Crippen LogP contribution in [0.15, 0.2) is 36.4 Å². The maximum absolute atomic E-state index is 12.6. The van der Waals surface area contributed by atoms with Crippen LogP contribution in [0.3, 0.4) is 0 Å². The van der Waals surface area contributed by atoms with E-state index in [9.17, 15) is 4.79 Å². The first kappa shape index (κ1) is 19.2. The fourth-order valence-electron chi connectivity index (χ4n) is 2.76. The van der Waals surface area contributed by atoms with Gasteiger partial charge in [0.15, 0.2) is 17.3 Å². The summed E-state index contributed by atoms with van der Waals surface area (Å²) in [5, 5.41) is 4.59. The van der Waals surface area contributed by atoms with Gasteiger partial charge in [-0.05, 0) is 44.2 Å². The van der Waals surface area contributed by atoms with Crippen LogP contribution in [0.25, 0.3) is 23.7 Å². The number of anilines is 1. The number of benzene rings is 1. The molecule has 0 radical (unpaired) electrons. The molecule has 0 aliphatic rings. The van der Waals surface area contributed by atoms with Crippen LogP contribution < -0.4 is 25.5 Å². The summed E-state index contributed by atoms with van der Waals surface area (Å²) in [4.78, 5) is 24.9. The van der Waals surface area contributed by atoms with Gasteiger partial charge in [0.1, 0.15) is 11.5 Å². The molecule has 0 saturated carbocycles. The van der Waals surface area contributed by atoms with E-state index in [1.165, 1.54) is 7.11 Å². The van der Waals surface area contributed by atoms with Crippen molar-refractivity contribution in [3.63, 3.8) is 0 Å². The molecule has 144 valence electrons. The molecule has 7 nitrogen and oxygen atoms in total. The Bertz CT molecular complexity index is 1090. The number of methoxy groups -OCH3 is 2. The fraction of sp³-hybridized carbons (Fsp3) is 0.190. The zero-order chi connectivity index (χ0) is 20.1. The molecule has 0 unspecified atom stereocenters. The topological polar surface area (TPSA) is 89.1 Å². The number of carbonyl (C=O) groups is 1. The van der Waals surface area contributed by atoms with E-state index in [2.05, 4.69) is 20.3 Å². The summed E-state index contributed by atoms with van der Waals surface area (Å²) in [6.07, 6.45) is 3.88. The number of carbonyl (C=O) groups excluding carboxylic acids is 1. The van der Waals surface area contributed by atoms with Gasteiger partial charge >= 0.3 is 0 Å². The second-order valence-electron chi connectivity index (χ2n) is 5.89. The van der Waals surface area contributed by atoms with Crippen LogP contribution in [-0.2, 0) is 0 Å². The first-order valence-electron chi connectivity index (χ1n) is 8.79. The molecule has 3 rings (SSSR count). The van der Waals surface area contributed by atoms with E-state index in [-0.39, 0.29) is 5.91 Å². The van der Waals surface area contributed by atoms with Crippen molar-refractivity contribution >= 4 is 23.9 Å². The van der Waals surface area contributed by atoms with Gasteiger partial charge < -0.3 is 19.8 Å². The highest BCUT2D eigenvalue weighted by atomic mass is 16.5. The minimum Gasteiger partial charge on any atom is -0.493 e. The number of H-pyrrole nitrogens is 1. The molecule has 0 aliphatic heterocycles. The van der Waals surface area contributed by atoms with Crippen LogP contribution in [0.1, 0.15) is 24.2 Å². The van der Waals surface area contributed by atoms with Crippen molar-refractivity contribution in [2.45, 2.75) is 13.8 Å². The zero-order valence-electron chi connectivity index (χ0n) is 16.2. The Morgan fingerprint density at radius 1 is 1.04 bits per heavy atom. The van der Waals surface area contributed by atoms with Gasteiger partial charge in [-0.25, -0.2) is 9.97 Å². The number of amides is 1. The summed E-state index contributed by atoms with van der Waals surface area (Å²) < 4.78 is 10.4. The van der Waals surface area contributed by atoms with Gasteiger partial charge in [0.05, 0.1) is 24.9 Å². The van der Waals surface area contributed by atoms with Gasteiger partial charge in [-0.15, -0.1) is 0 Å². The van der Waals surface area contributed by atoms with Gasteiger partial charge in [-0.2, -0.15) is 0 Å². The Morgan fingerprint density at radius 3 is 2.46 bits per heavy atom. The van der Waals surface area contributed by atoms with Crippen molar-refractivity contribution < 1.29 is 14.3 Å². The molecule has 0 spiro atoms. The lowest BCUT2D eigenvalue weighted by Crippen LogP contribution is -2.23. The van der Waals surface area contributed by atoms with Crippen molar-refractivity contribution in [3.8, 4) is 23.0 Å².